The highest BCUT2D eigenvalue weighted by Crippen LogP contribution is 2.40. The van der Waals surface area contributed by atoms with Crippen LogP contribution in [0.5, 0.6) is 0 Å². The lowest BCUT2D eigenvalue weighted by Gasteiger charge is -2.46. The van der Waals surface area contributed by atoms with Gasteiger partial charge in [0.2, 0.25) is 5.91 Å². The van der Waals surface area contributed by atoms with Crippen molar-refractivity contribution in [1.29, 1.82) is 0 Å². The van der Waals surface area contributed by atoms with Crippen LogP contribution < -0.4 is 5.32 Å². The van der Waals surface area contributed by atoms with Crippen LogP contribution in [0, 0.1) is 25.2 Å². The van der Waals surface area contributed by atoms with E-state index in [1.54, 1.807) is 18.7 Å². The molecule has 138 valence electrons. The first kappa shape index (κ1) is 17.9. The Bertz CT molecular complexity index is 685. The zero-order valence-corrected chi connectivity index (χ0v) is 15.3. The van der Waals surface area contributed by atoms with Gasteiger partial charge in [-0.2, -0.15) is 0 Å². The van der Waals surface area contributed by atoms with E-state index in [9.17, 15) is 14.0 Å². The zero-order chi connectivity index (χ0) is 18.4. The molecule has 7 heteroatoms. The van der Waals surface area contributed by atoms with Crippen LogP contribution in [0.2, 0.25) is 0 Å². The number of oxazole rings is 1. The second-order valence-electron chi connectivity index (χ2n) is 7.85. The van der Waals surface area contributed by atoms with E-state index >= 15 is 0 Å². The molecule has 6 nitrogen and oxygen atoms in total. The van der Waals surface area contributed by atoms with Crippen LogP contribution >= 0.6 is 0 Å². The van der Waals surface area contributed by atoms with Gasteiger partial charge in [-0.1, -0.05) is 13.8 Å². The van der Waals surface area contributed by atoms with Crippen molar-refractivity contribution in [3.8, 4) is 0 Å². The molecule has 2 aliphatic rings. The van der Waals surface area contributed by atoms with E-state index in [0.717, 1.165) is 12.8 Å². The van der Waals surface area contributed by atoms with Gasteiger partial charge in [-0.05, 0) is 31.6 Å². The summed E-state index contributed by atoms with van der Waals surface area (Å²) in [6.45, 7) is 8.52. The Balaban J connectivity index is 1.71. The molecule has 0 aromatic carbocycles. The molecule has 0 bridgehead atoms. The molecule has 3 rings (SSSR count). The highest BCUT2D eigenvalue weighted by atomic mass is 19.1. The SMILES string of the molecule is Cc1nc(C(=O)NCC2N(C(=O)C3CC3F)CCCC2(C)C)c(C)o1. The van der Waals surface area contributed by atoms with Crippen molar-refractivity contribution >= 4 is 11.8 Å². The van der Waals surface area contributed by atoms with Crippen molar-refractivity contribution < 1.29 is 18.4 Å². The van der Waals surface area contributed by atoms with Crippen molar-refractivity contribution in [3.63, 3.8) is 0 Å². The Morgan fingerprint density at radius 3 is 2.64 bits per heavy atom. The van der Waals surface area contributed by atoms with Gasteiger partial charge in [0.25, 0.3) is 5.91 Å². The largest absolute Gasteiger partial charge is 0.445 e. The molecule has 1 N–H and O–H groups in total. The van der Waals surface area contributed by atoms with Gasteiger partial charge in [-0.25, -0.2) is 9.37 Å². The molecule has 0 spiro atoms. The molecule has 2 amide bonds. The number of piperidine rings is 1. The number of halogens is 1. The molecule has 1 aliphatic heterocycles. The average molecular weight is 351 g/mol. The molecular formula is C18H26FN3O3. The number of aryl methyl sites for hydroxylation is 2. The number of nitrogens with one attached hydrogen (secondary N) is 1. The number of likely N-dealkylation sites (tertiary alicyclic amines) is 1. The topological polar surface area (TPSA) is 75.4 Å². The van der Waals surface area contributed by atoms with Crippen molar-refractivity contribution in [2.45, 2.75) is 59.2 Å². The lowest BCUT2D eigenvalue weighted by Crippen LogP contribution is -2.57. The molecule has 0 radical (unpaired) electrons. The number of alkyl halides is 1. The maximum Gasteiger partial charge on any atom is 0.273 e. The van der Waals surface area contributed by atoms with E-state index < -0.39 is 12.1 Å². The number of amides is 2. The second-order valence-corrected chi connectivity index (χ2v) is 7.85. The van der Waals surface area contributed by atoms with Gasteiger partial charge in [0.1, 0.15) is 11.9 Å². The molecule has 3 unspecified atom stereocenters. The summed E-state index contributed by atoms with van der Waals surface area (Å²) >= 11 is 0. The minimum atomic E-state index is -1.01. The second kappa shape index (κ2) is 6.42. The zero-order valence-electron chi connectivity index (χ0n) is 15.3. The summed E-state index contributed by atoms with van der Waals surface area (Å²) in [5, 5.41) is 2.88. The predicted octanol–water partition coefficient (Wildman–Crippen LogP) is 2.40. The van der Waals surface area contributed by atoms with Gasteiger partial charge in [-0.15, -0.1) is 0 Å². The standard InChI is InChI=1S/C18H26FN3O3/c1-10-15(21-11(2)25-10)16(23)20-9-14-18(3,4)6-5-7-22(14)17(24)12-8-13(12)19/h12-14H,5-9H2,1-4H3,(H,20,23). The van der Waals surface area contributed by atoms with E-state index in [0.29, 0.717) is 31.2 Å². The van der Waals surface area contributed by atoms with Gasteiger partial charge >= 0.3 is 0 Å². The van der Waals surface area contributed by atoms with Crippen LogP contribution in [0.1, 0.15) is 55.2 Å². The Hall–Kier alpha value is -1.92. The quantitative estimate of drug-likeness (QED) is 0.904. The summed E-state index contributed by atoms with van der Waals surface area (Å²) in [4.78, 5) is 30.9. The lowest BCUT2D eigenvalue weighted by atomic mass is 9.76. The smallest absolute Gasteiger partial charge is 0.273 e. The third-order valence-electron chi connectivity index (χ3n) is 5.39. The van der Waals surface area contributed by atoms with E-state index in [-0.39, 0.29) is 29.0 Å². The first-order chi connectivity index (χ1) is 11.7. The number of carbonyl (C=O) groups excluding carboxylic acids is 2. The third-order valence-corrected chi connectivity index (χ3v) is 5.39. The molecule has 3 atom stereocenters. The summed E-state index contributed by atoms with van der Waals surface area (Å²) in [5.74, 6) is 0.00249. The summed E-state index contributed by atoms with van der Waals surface area (Å²) < 4.78 is 18.6. The normalized spacial score (nSPS) is 27.9. The Labute approximate surface area is 147 Å². The van der Waals surface area contributed by atoms with Gasteiger partial charge < -0.3 is 14.6 Å². The van der Waals surface area contributed by atoms with Crippen LogP contribution in [-0.4, -0.2) is 47.0 Å². The molecule has 1 aliphatic carbocycles. The number of carbonyl (C=O) groups is 2. The van der Waals surface area contributed by atoms with E-state index in [2.05, 4.69) is 24.1 Å². The van der Waals surface area contributed by atoms with Gasteiger partial charge in [-0.3, -0.25) is 9.59 Å². The first-order valence-electron chi connectivity index (χ1n) is 8.87. The maximum atomic E-state index is 13.3. The average Bonchev–Trinajstić information content (AvgIpc) is 3.16. The summed E-state index contributed by atoms with van der Waals surface area (Å²) in [6, 6.07) is -0.154. The maximum absolute atomic E-state index is 13.3. The highest BCUT2D eigenvalue weighted by Gasteiger charge is 2.49. The Kier molecular flexibility index (Phi) is 4.60. The van der Waals surface area contributed by atoms with Crippen LogP contribution in [0.15, 0.2) is 4.42 Å². The predicted molar refractivity (Wildman–Crippen MR) is 89.8 cm³/mol. The summed E-state index contributed by atoms with van der Waals surface area (Å²) in [5.41, 5.74) is 0.131. The molecule has 1 aromatic rings. The summed E-state index contributed by atoms with van der Waals surface area (Å²) in [7, 11) is 0. The minimum absolute atomic E-state index is 0.118. The van der Waals surface area contributed by atoms with Gasteiger partial charge in [0.15, 0.2) is 11.6 Å². The van der Waals surface area contributed by atoms with Crippen molar-refractivity contribution in [2.24, 2.45) is 11.3 Å². The van der Waals surface area contributed by atoms with Crippen molar-refractivity contribution in [3.05, 3.63) is 17.3 Å². The summed E-state index contributed by atoms with van der Waals surface area (Å²) in [6.07, 6.45) is 1.18. The molecule has 1 saturated carbocycles. The van der Waals surface area contributed by atoms with Crippen LogP contribution in [-0.2, 0) is 4.79 Å². The highest BCUT2D eigenvalue weighted by molar-refractivity contribution is 5.93. The van der Waals surface area contributed by atoms with Crippen LogP contribution in [0.4, 0.5) is 4.39 Å². The fourth-order valence-electron chi connectivity index (χ4n) is 3.74. The molecule has 1 aromatic heterocycles. The van der Waals surface area contributed by atoms with Gasteiger partial charge in [0, 0.05) is 20.0 Å². The molecule has 2 heterocycles. The number of hydrogen-bond acceptors (Lipinski definition) is 4. The first-order valence-corrected chi connectivity index (χ1v) is 8.87. The minimum Gasteiger partial charge on any atom is -0.445 e. The Morgan fingerprint density at radius 2 is 2.08 bits per heavy atom. The molecule has 1 saturated heterocycles. The van der Waals surface area contributed by atoms with Crippen LogP contribution in [0.3, 0.4) is 0 Å². The van der Waals surface area contributed by atoms with Crippen molar-refractivity contribution in [1.82, 2.24) is 15.2 Å². The van der Waals surface area contributed by atoms with E-state index in [1.165, 1.54) is 0 Å². The number of rotatable bonds is 4. The molecular weight excluding hydrogens is 325 g/mol. The van der Waals surface area contributed by atoms with Crippen molar-refractivity contribution in [2.75, 3.05) is 13.1 Å². The number of hydrogen-bond donors (Lipinski definition) is 1. The third kappa shape index (κ3) is 3.55. The lowest BCUT2D eigenvalue weighted by molar-refractivity contribution is -0.140. The van der Waals surface area contributed by atoms with E-state index in [1.807, 2.05) is 0 Å². The molecule has 2 fully saturated rings. The van der Waals surface area contributed by atoms with E-state index in [4.69, 9.17) is 4.42 Å². The van der Waals surface area contributed by atoms with Gasteiger partial charge in [0.05, 0.1) is 12.0 Å². The number of aromatic nitrogens is 1. The molecule has 25 heavy (non-hydrogen) atoms. The van der Waals surface area contributed by atoms with Crippen LogP contribution in [0.25, 0.3) is 0 Å². The fourth-order valence-corrected chi connectivity index (χ4v) is 3.74. The fraction of sp³-hybridized carbons (Fsp3) is 0.722. The number of nitrogens with zero attached hydrogens (tertiary/aromatic N) is 2. The Morgan fingerprint density at radius 1 is 1.40 bits per heavy atom. The monoisotopic (exact) mass is 351 g/mol.